The van der Waals surface area contributed by atoms with E-state index in [0.29, 0.717) is 29.3 Å². The van der Waals surface area contributed by atoms with Gasteiger partial charge in [-0.15, -0.1) is 0 Å². The third-order valence-electron chi connectivity index (χ3n) is 6.01. The maximum atomic E-state index is 13.5. The summed E-state index contributed by atoms with van der Waals surface area (Å²) in [6.07, 6.45) is 0.798. The van der Waals surface area contributed by atoms with E-state index in [1.54, 1.807) is 38.5 Å². The largest absolute Gasteiger partial charge is 0.493 e. The fourth-order valence-electron chi connectivity index (χ4n) is 4.32. The van der Waals surface area contributed by atoms with Crippen LogP contribution in [-0.4, -0.2) is 37.4 Å². The van der Waals surface area contributed by atoms with Gasteiger partial charge in [-0.3, -0.25) is 14.5 Å². The summed E-state index contributed by atoms with van der Waals surface area (Å²) in [4.78, 5) is 27.5. The number of carbonyl (C=O) groups excluding carboxylic acids is 2. The highest BCUT2D eigenvalue weighted by molar-refractivity contribution is 5.98. The second-order valence-corrected chi connectivity index (χ2v) is 8.14. The number of amides is 1. The molecular weight excluding hydrogens is 416 g/mol. The number of hydrogen-bond acceptors (Lipinski definition) is 5. The van der Waals surface area contributed by atoms with Crippen molar-refractivity contribution in [3.05, 3.63) is 89.0 Å². The fraction of sp³-hybridized carbons (Fsp3) is 0.259. The molecule has 1 N–H and O–H groups in total. The molecule has 1 amide bonds. The van der Waals surface area contributed by atoms with Crippen molar-refractivity contribution in [2.75, 3.05) is 26.1 Å². The summed E-state index contributed by atoms with van der Waals surface area (Å²) in [5, 5.41) is 3.02. The molecule has 170 valence electrons. The Bertz CT molecular complexity index is 1160. The van der Waals surface area contributed by atoms with E-state index in [-0.39, 0.29) is 11.7 Å². The highest BCUT2D eigenvalue weighted by Gasteiger charge is 2.31. The van der Waals surface area contributed by atoms with E-state index >= 15 is 0 Å². The number of fused-ring (bicyclic) bond motifs is 1. The quantitative estimate of drug-likeness (QED) is 0.538. The lowest BCUT2D eigenvalue weighted by Gasteiger charge is -2.35. The Morgan fingerprint density at radius 3 is 2.27 bits per heavy atom. The standard InChI is InChI=1S/C27H28N2O4/c1-18(30)20-10-7-11-23(14-20)28-27(31)26(19-8-5-4-6-9-19)29-13-12-21-15-24(32-2)25(33-3)16-22(21)17-29/h4-11,14-16,26H,12-13,17H2,1-3H3,(H,28,31)/t26-/m1/s1. The van der Waals surface area contributed by atoms with Gasteiger partial charge in [-0.2, -0.15) is 0 Å². The monoisotopic (exact) mass is 444 g/mol. The molecule has 6 nitrogen and oxygen atoms in total. The molecule has 6 heteroatoms. The zero-order valence-electron chi connectivity index (χ0n) is 19.1. The first kappa shape index (κ1) is 22.6. The predicted molar refractivity (Wildman–Crippen MR) is 128 cm³/mol. The van der Waals surface area contributed by atoms with Crippen LogP contribution in [0, 0.1) is 0 Å². The molecule has 3 aromatic rings. The Morgan fingerprint density at radius 1 is 0.909 bits per heavy atom. The van der Waals surface area contributed by atoms with Gasteiger partial charge in [-0.1, -0.05) is 42.5 Å². The van der Waals surface area contributed by atoms with Gasteiger partial charge in [-0.25, -0.2) is 0 Å². The molecule has 0 saturated heterocycles. The van der Waals surface area contributed by atoms with Crippen LogP contribution in [0.1, 0.15) is 40.0 Å². The van der Waals surface area contributed by atoms with Crippen molar-refractivity contribution in [3.63, 3.8) is 0 Å². The molecule has 0 aliphatic carbocycles. The summed E-state index contributed by atoms with van der Waals surface area (Å²) >= 11 is 0. The van der Waals surface area contributed by atoms with E-state index in [4.69, 9.17) is 9.47 Å². The highest BCUT2D eigenvalue weighted by atomic mass is 16.5. The molecule has 0 fully saturated rings. The molecule has 0 spiro atoms. The molecule has 1 heterocycles. The molecule has 1 aliphatic heterocycles. The van der Waals surface area contributed by atoms with Crippen molar-refractivity contribution in [2.45, 2.75) is 25.9 Å². The van der Waals surface area contributed by atoms with Gasteiger partial charge in [0, 0.05) is 24.3 Å². The van der Waals surface area contributed by atoms with E-state index in [1.807, 2.05) is 42.5 Å². The van der Waals surface area contributed by atoms with Crippen molar-refractivity contribution >= 4 is 17.4 Å². The number of anilines is 1. The Hall–Kier alpha value is -3.64. The number of carbonyl (C=O) groups is 2. The SMILES string of the molecule is COc1cc2c(cc1OC)CN([C@@H](C(=O)Nc1cccc(C(C)=O)c1)c1ccccc1)CC2. The smallest absolute Gasteiger partial charge is 0.246 e. The molecule has 0 saturated carbocycles. The lowest BCUT2D eigenvalue weighted by Crippen LogP contribution is -2.40. The summed E-state index contributed by atoms with van der Waals surface area (Å²) in [6, 6.07) is 20.4. The molecule has 0 aromatic heterocycles. The molecule has 3 aromatic carbocycles. The van der Waals surface area contributed by atoms with Crippen LogP contribution in [0.2, 0.25) is 0 Å². The predicted octanol–water partition coefficient (Wildman–Crippen LogP) is 4.64. The summed E-state index contributed by atoms with van der Waals surface area (Å²) in [7, 11) is 3.26. The van der Waals surface area contributed by atoms with E-state index < -0.39 is 6.04 Å². The fourth-order valence-corrected chi connectivity index (χ4v) is 4.32. The van der Waals surface area contributed by atoms with Crippen LogP contribution in [0.5, 0.6) is 11.5 Å². The van der Waals surface area contributed by atoms with Gasteiger partial charge in [0.25, 0.3) is 0 Å². The minimum Gasteiger partial charge on any atom is -0.493 e. The van der Waals surface area contributed by atoms with Crippen molar-refractivity contribution in [3.8, 4) is 11.5 Å². The molecule has 0 unspecified atom stereocenters. The molecule has 4 rings (SSSR count). The molecule has 1 atom stereocenters. The van der Waals surface area contributed by atoms with Gasteiger partial charge >= 0.3 is 0 Å². The number of rotatable bonds is 7. The molecule has 33 heavy (non-hydrogen) atoms. The van der Waals surface area contributed by atoms with Gasteiger partial charge in [0.05, 0.1) is 14.2 Å². The van der Waals surface area contributed by atoms with Gasteiger partial charge in [0.15, 0.2) is 17.3 Å². The van der Waals surface area contributed by atoms with E-state index in [0.717, 1.165) is 24.1 Å². The van der Waals surface area contributed by atoms with Crippen molar-refractivity contribution < 1.29 is 19.1 Å². The minimum atomic E-state index is -0.478. The van der Waals surface area contributed by atoms with E-state index in [1.165, 1.54) is 12.5 Å². The van der Waals surface area contributed by atoms with Crippen LogP contribution in [0.15, 0.2) is 66.7 Å². The van der Waals surface area contributed by atoms with Gasteiger partial charge in [-0.05, 0) is 54.3 Å². The Balaban J connectivity index is 1.64. The number of nitrogens with one attached hydrogen (secondary N) is 1. The normalized spacial score (nSPS) is 14.2. The maximum Gasteiger partial charge on any atom is 0.246 e. The zero-order valence-corrected chi connectivity index (χ0v) is 19.1. The lowest BCUT2D eigenvalue weighted by atomic mass is 9.95. The lowest BCUT2D eigenvalue weighted by molar-refractivity contribution is -0.122. The first-order chi connectivity index (χ1) is 16.0. The van der Waals surface area contributed by atoms with Gasteiger partial charge in [0.2, 0.25) is 5.91 Å². The van der Waals surface area contributed by atoms with Crippen LogP contribution in [0.25, 0.3) is 0 Å². The molecule has 0 radical (unpaired) electrons. The summed E-state index contributed by atoms with van der Waals surface area (Å²) in [5.41, 5.74) is 4.41. The number of nitrogens with zero attached hydrogens (tertiary/aromatic N) is 1. The molecular formula is C27H28N2O4. The number of Topliss-reactive ketones (excluding diaryl/α,β-unsaturated/α-hetero) is 1. The summed E-state index contributed by atoms with van der Waals surface area (Å²) in [5.74, 6) is 1.22. The Kier molecular flexibility index (Phi) is 6.75. The highest BCUT2D eigenvalue weighted by Crippen LogP contribution is 2.36. The summed E-state index contributed by atoms with van der Waals surface area (Å²) in [6.45, 7) is 2.85. The van der Waals surface area contributed by atoms with Crippen molar-refractivity contribution in [1.82, 2.24) is 4.90 Å². The second-order valence-electron chi connectivity index (χ2n) is 8.14. The molecule has 0 bridgehead atoms. The Labute approximate surface area is 194 Å². The summed E-state index contributed by atoms with van der Waals surface area (Å²) < 4.78 is 10.9. The van der Waals surface area contributed by atoms with Crippen molar-refractivity contribution in [2.24, 2.45) is 0 Å². The van der Waals surface area contributed by atoms with Crippen LogP contribution in [0.4, 0.5) is 5.69 Å². The van der Waals surface area contributed by atoms with E-state index in [9.17, 15) is 9.59 Å². The Morgan fingerprint density at radius 2 is 1.61 bits per heavy atom. The minimum absolute atomic E-state index is 0.0391. The third-order valence-corrected chi connectivity index (χ3v) is 6.01. The average molecular weight is 445 g/mol. The van der Waals surface area contributed by atoms with Crippen LogP contribution >= 0.6 is 0 Å². The number of hydrogen-bond donors (Lipinski definition) is 1. The van der Waals surface area contributed by atoms with Gasteiger partial charge < -0.3 is 14.8 Å². The zero-order chi connectivity index (χ0) is 23.4. The van der Waals surface area contributed by atoms with Crippen molar-refractivity contribution in [1.29, 1.82) is 0 Å². The number of ketones is 1. The maximum absolute atomic E-state index is 13.5. The van der Waals surface area contributed by atoms with Crippen LogP contribution in [-0.2, 0) is 17.8 Å². The topological polar surface area (TPSA) is 67.9 Å². The van der Waals surface area contributed by atoms with Gasteiger partial charge in [0.1, 0.15) is 6.04 Å². The third kappa shape index (κ3) is 4.91. The first-order valence-electron chi connectivity index (χ1n) is 10.9. The average Bonchev–Trinajstić information content (AvgIpc) is 2.84. The first-order valence-corrected chi connectivity index (χ1v) is 10.9. The second kappa shape index (κ2) is 9.88. The number of methoxy groups -OCH3 is 2. The van der Waals surface area contributed by atoms with E-state index in [2.05, 4.69) is 10.2 Å². The van der Waals surface area contributed by atoms with Crippen LogP contribution < -0.4 is 14.8 Å². The number of ether oxygens (including phenoxy) is 2. The molecule has 1 aliphatic rings. The number of benzene rings is 3. The van der Waals surface area contributed by atoms with Crippen LogP contribution in [0.3, 0.4) is 0 Å².